The lowest BCUT2D eigenvalue weighted by atomic mass is 10.0. The summed E-state index contributed by atoms with van der Waals surface area (Å²) in [6.07, 6.45) is 5.54. The summed E-state index contributed by atoms with van der Waals surface area (Å²) in [4.78, 5) is 31.7. The van der Waals surface area contributed by atoms with E-state index in [1.807, 2.05) is 20.8 Å². The van der Waals surface area contributed by atoms with Gasteiger partial charge in [-0.1, -0.05) is 12.1 Å². The Hall–Kier alpha value is -2.28. The molecular weight excluding hydrogens is 428 g/mol. The highest BCUT2D eigenvalue weighted by molar-refractivity contribution is 5.79. The quantitative estimate of drug-likeness (QED) is 0.709. The number of nitrogens with zero attached hydrogens (tertiary/aromatic N) is 3. The van der Waals surface area contributed by atoms with Gasteiger partial charge in [-0.15, -0.1) is 0 Å². The van der Waals surface area contributed by atoms with Crippen molar-refractivity contribution in [2.45, 2.75) is 89.9 Å². The van der Waals surface area contributed by atoms with E-state index >= 15 is 0 Å². The van der Waals surface area contributed by atoms with Crippen LogP contribution in [-0.2, 0) is 16.0 Å². The lowest BCUT2D eigenvalue weighted by molar-refractivity contribution is -0.121. The molecule has 1 N–H and O–H groups in total. The number of anilines is 1. The fraction of sp³-hybridized carbons (Fsp3) is 0.704. The first-order chi connectivity index (χ1) is 16.2. The maximum Gasteiger partial charge on any atom is 0.410 e. The number of rotatable bonds is 5. The Kier molecular flexibility index (Phi) is 7.70. The number of nitrogens with one attached hydrogen (secondary N) is 1. The van der Waals surface area contributed by atoms with Gasteiger partial charge < -0.3 is 19.9 Å². The minimum atomic E-state index is -0.485. The molecular formula is C27H42N4O3. The van der Waals surface area contributed by atoms with Crippen molar-refractivity contribution < 1.29 is 14.3 Å². The molecule has 2 unspecified atom stereocenters. The highest BCUT2D eigenvalue weighted by Crippen LogP contribution is 2.28. The van der Waals surface area contributed by atoms with Gasteiger partial charge in [0.25, 0.3) is 0 Å². The monoisotopic (exact) mass is 470 g/mol. The maximum atomic E-state index is 12.6. The number of carbonyl (C=O) groups excluding carboxylic acids is 2. The summed E-state index contributed by atoms with van der Waals surface area (Å²) in [5, 5.41) is 3.15. The molecule has 3 heterocycles. The van der Waals surface area contributed by atoms with Crippen LogP contribution in [0.5, 0.6) is 0 Å². The summed E-state index contributed by atoms with van der Waals surface area (Å²) in [5.41, 5.74) is 1.81. The van der Waals surface area contributed by atoms with Gasteiger partial charge in [0, 0.05) is 50.0 Å². The second-order valence-electron chi connectivity index (χ2n) is 11.3. The molecule has 7 nitrogen and oxygen atoms in total. The molecule has 1 aromatic rings. The number of hydrogen-bond donors (Lipinski definition) is 1. The molecule has 0 aromatic heterocycles. The Morgan fingerprint density at radius 1 is 1.00 bits per heavy atom. The van der Waals surface area contributed by atoms with E-state index < -0.39 is 5.60 Å². The van der Waals surface area contributed by atoms with Gasteiger partial charge >= 0.3 is 6.09 Å². The van der Waals surface area contributed by atoms with E-state index in [1.54, 1.807) is 4.90 Å². The normalized spacial score (nSPS) is 24.5. The molecule has 4 rings (SSSR count). The summed E-state index contributed by atoms with van der Waals surface area (Å²) in [7, 11) is 0. The standard InChI is InChI=1S/C27H42N4O3/c1-20-6-5-14-31(20)24-13-17-30(19-24)23-9-7-21(8-10-23)18-25(32)28-22-11-15-29(16-12-22)26(33)34-27(2,3)4/h7-10,20,22,24H,5-6,11-19H2,1-4H3,(H,28,32). The Balaban J connectivity index is 1.20. The average Bonchev–Trinajstić information content (AvgIpc) is 3.42. The predicted molar refractivity (Wildman–Crippen MR) is 135 cm³/mol. The molecule has 3 aliphatic heterocycles. The molecule has 0 bridgehead atoms. The summed E-state index contributed by atoms with van der Waals surface area (Å²) in [6.45, 7) is 12.7. The van der Waals surface area contributed by atoms with Crippen molar-refractivity contribution in [2.24, 2.45) is 0 Å². The van der Waals surface area contributed by atoms with Gasteiger partial charge in [-0.25, -0.2) is 4.79 Å². The molecule has 34 heavy (non-hydrogen) atoms. The molecule has 3 saturated heterocycles. The van der Waals surface area contributed by atoms with E-state index in [9.17, 15) is 9.59 Å². The Morgan fingerprint density at radius 2 is 1.71 bits per heavy atom. The van der Waals surface area contributed by atoms with Gasteiger partial charge in [-0.05, 0) is 84.0 Å². The Morgan fingerprint density at radius 3 is 2.32 bits per heavy atom. The van der Waals surface area contributed by atoms with Crippen molar-refractivity contribution in [3.8, 4) is 0 Å². The molecule has 3 aliphatic rings. The van der Waals surface area contributed by atoms with E-state index in [-0.39, 0.29) is 18.0 Å². The summed E-state index contributed by atoms with van der Waals surface area (Å²) in [6, 6.07) is 10.0. The maximum absolute atomic E-state index is 12.6. The van der Waals surface area contributed by atoms with Crippen molar-refractivity contribution in [3.63, 3.8) is 0 Å². The number of piperidine rings is 1. The molecule has 1 aromatic carbocycles. The van der Waals surface area contributed by atoms with Crippen LogP contribution in [0.25, 0.3) is 0 Å². The van der Waals surface area contributed by atoms with Crippen molar-refractivity contribution >= 4 is 17.7 Å². The molecule has 0 radical (unpaired) electrons. The molecule has 0 saturated carbocycles. The van der Waals surface area contributed by atoms with Crippen LogP contribution in [0.15, 0.2) is 24.3 Å². The Bertz CT molecular complexity index is 842. The first kappa shape index (κ1) is 24.8. The molecule has 0 spiro atoms. The number of likely N-dealkylation sites (tertiary alicyclic amines) is 2. The predicted octanol–water partition coefficient (Wildman–Crippen LogP) is 3.81. The largest absolute Gasteiger partial charge is 0.444 e. The third-order valence-corrected chi connectivity index (χ3v) is 7.41. The van der Waals surface area contributed by atoms with Crippen LogP contribution in [0.4, 0.5) is 10.5 Å². The fourth-order valence-corrected chi connectivity index (χ4v) is 5.57. The number of amides is 2. The second kappa shape index (κ2) is 10.5. The van der Waals surface area contributed by atoms with Gasteiger partial charge in [-0.2, -0.15) is 0 Å². The van der Waals surface area contributed by atoms with Gasteiger partial charge in [0.05, 0.1) is 6.42 Å². The minimum absolute atomic E-state index is 0.0488. The van der Waals surface area contributed by atoms with Crippen LogP contribution in [-0.4, -0.2) is 78.3 Å². The minimum Gasteiger partial charge on any atom is -0.444 e. The van der Waals surface area contributed by atoms with Gasteiger partial charge in [0.2, 0.25) is 5.91 Å². The molecule has 7 heteroatoms. The van der Waals surface area contributed by atoms with Crippen molar-refractivity contribution in [3.05, 3.63) is 29.8 Å². The van der Waals surface area contributed by atoms with Crippen molar-refractivity contribution in [2.75, 3.05) is 37.6 Å². The first-order valence-corrected chi connectivity index (χ1v) is 13.0. The van der Waals surface area contributed by atoms with E-state index in [2.05, 4.69) is 46.3 Å². The highest BCUT2D eigenvalue weighted by Gasteiger charge is 2.33. The third-order valence-electron chi connectivity index (χ3n) is 7.41. The van der Waals surface area contributed by atoms with E-state index in [1.165, 1.54) is 31.5 Å². The van der Waals surface area contributed by atoms with Gasteiger partial charge in [-0.3, -0.25) is 9.69 Å². The molecule has 2 amide bonds. The third kappa shape index (κ3) is 6.44. The van der Waals surface area contributed by atoms with Crippen LogP contribution in [0.1, 0.15) is 65.4 Å². The zero-order valence-corrected chi connectivity index (χ0v) is 21.4. The zero-order chi connectivity index (χ0) is 24.3. The zero-order valence-electron chi connectivity index (χ0n) is 21.4. The Labute approximate surface area is 204 Å². The van der Waals surface area contributed by atoms with Crippen LogP contribution in [0, 0.1) is 0 Å². The van der Waals surface area contributed by atoms with Crippen LogP contribution >= 0.6 is 0 Å². The number of benzene rings is 1. The average molecular weight is 471 g/mol. The van der Waals surface area contributed by atoms with Crippen molar-refractivity contribution in [1.82, 2.24) is 15.1 Å². The van der Waals surface area contributed by atoms with E-state index in [4.69, 9.17) is 4.74 Å². The molecule has 2 atom stereocenters. The van der Waals surface area contributed by atoms with E-state index in [0.29, 0.717) is 25.6 Å². The van der Waals surface area contributed by atoms with Gasteiger partial charge in [0.1, 0.15) is 5.60 Å². The van der Waals surface area contributed by atoms with Crippen LogP contribution in [0.2, 0.25) is 0 Å². The van der Waals surface area contributed by atoms with Crippen molar-refractivity contribution in [1.29, 1.82) is 0 Å². The second-order valence-corrected chi connectivity index (χ2v) is 11.3. The summed E-state index contributed by atoms with van der Waals surface area (Å²) < 4.78 is 5.45. The topological polar surface area (TPSA) is 65.1 Å². The SMILES string of the molecule is CC1CCCN1C1CCN(c2ccc(CC(=O)NC3CCN(C(=O)OC(C)(C)C)CC3)cc2)C1. The molecule has 188 valence electrons. The van der Waals surface area contributed by atoms with Crippen LogP contribution in [0.3, 0.4) is 0 Å². The van der Waals surface area contributed by atoms with Gasteiger partial charge in [0.15, 0.2) is 0 Å². The lowest BCUT2D eigenvalue weighted by Crippen LogP contribution is -2.48. The summed E-state index contributed by atoms with van der Waals surface area (Å²) in [5.74, 6) is 0.0488. The molecule has 0 aliphatic carbocycles. The number of carbonyl (C=O) groups is 2. The van der Waals surface area contributed by atoms with E-state index in [0.717, 1.165) is 37.5 Å². The lowest BCUT2D eigenvalue weighted by Gasteiger charge is -2.33. The fourth-order valence-electron chi connectivity index (χ4n) is 5.57. The van der Waals surface area contributed by atoms with Crippen LogP contribution < -0.4 is 10.2 Å². The highest BCUT2D eigenvalue weighted by atomic mass is 16.6. The molecule has 3 fully saturated rings. The number of hydrogen-bond acceptors (Lipinski definition) is 5. The smallest absolute Gasteiger partial charge is 0.410 e. The number of ether oxygens (including phenoxy) is 1. The summed E-state index contributed by atoms with van der Waals surface area (Å²) >= 11 is 0. The first-order valence-electron chi connectivity index (χ1n) is 13.0.